The molecule has 0 aromatic carbocycles. The molecule has 19 heavy (non-hydrogen) atoms. The molecule has 2 heterocycles. The van der Waals surface area contributed by atoms with Crippen LogP contribution in [0.5, 0.6) is 0 Å². The molecule has 1 aliphatic rings. The summed E-state index contributed by atoms with van der Waals surface area (Å²) in [5, 5.41) is 8.22. The molecule has 108 valence electrons. The van der Waals surface area contributed by atoms with Gasteiger partial charge in [-0.25, -0.2) is 8.42 Å². The number of hydrogen-bond donors (Lipinski definition) is 0. The highest BCUT2D eigenvalue weighted by Crippen LogP contribution is 2.32. The van der Waals surface area contributed by atoms with Crippen molar-refractivity contribution >= 4 is 25.8 Å². The molecule has 0 spiro atoms. The molecule has 0 N–H and O–H groups in total. The third kappa shape index (κ3) is 3.17. The van der Waals surface area contributed by atoms with Gasteiger partial charge in [-0.2, -0.15) is 0 Å². The predicted octanol–water partition coefficient (Wildman–Crippen LogP) is 1.46. The average Bonchev–Trinajstić information content (AvgIpc) is 2.78. The van der Waals surface area contributed by atoms with Crippen LogP contribution < -0.4 is 0 Å². The van der Waals surface area contributed by atoms with Gasteiger partial charge in [-0.1, -0.05) is 22.4 Å². The highest BCUT2D eigenvalue weighted by Gasteiger charge is 2.34. The van der Waals surface area contributed by atoms with Gasteiger partial charge >= 0.3 is 0 Å². The zero-order chi connectivity index (χ0) is 13.9. The maximum Gasteiger partial charge on any atom is 0.160 e. The molecule has 0 aliphatic carbocycles. The van der Waals surface area contributed by atoms with Gasteiger partial charge in [-0.15, -0.1) is 10.2 Å². The van der Waals surface area contributed by atoms with Crippen LogP contribution in [-0.2, 0) is 26.4 Å². The summed E-state index contributed by atoms with van der Waals surface area (Å²) < 4.78 is 31.3. The smallest absolute Gasteiger partial charge is 0.160 e. The number of ether oxygens (including phenoxy) is 1. The van der Waals surface area contributed by atoms with E-state index in [-0.39, 0.29) is 5.75 Å². The van der Waals surface area contributed by atoms with Crippen LogP contribution in [0, 0.1) is 0 Å². The van der Waals surface area contributed by atoms with Crippen molar-refractivity contribution < 1.29 is 13.2 Å². The van der Waals surface area contributed by atoms with Crippen molar-refractivity contribution in [2.24, 2.45) is 0 Å². The highest BCUT2D eigenvalue weighted by atomic mass is 79.9. The number of methoxy groups -OCH3 is 1. The summed E-state index contributed by atoms with van der Waals surface area (Å²) in [5.74, 6) is 1.55. The fraction of sp³-hybridized carbons (Fsp3) is 0.818. The van der Waals surface area contributed by atoms with Gasteiger partial charge in [0.2, 0.25) is 0 Å². The Hall–Kier alpha value is -0.470. The van der Waals surface area contributed by atoms with Gasteiger partial charge in [0.25, 0.3) is 0 Å². The van der Waals surface area contributed by atoms with Gasteiger partial charge in [0.05, 0.1) is 17.7 Å². The number of aromatic nitrogens is 3. The third-order valence-corrected chi connectivity index (χ3v) is 6.03. The van der Waals surface area contributed by atoms with Crippen molar-refractivity contribution in [3.63, 3.8) is 0 Å². The van der Waals surface area contributed by atoms with Crippen molar-refractivity contribution in [3.05, 3.63) is 11.6 Å². The molecule has 1 fully saturated rings. The Morgan fingerprint density at radius 1 is 1.42 bits per heavy atom. The number of hydrogen-bond acceptors (Lipinski definition) is 5. The van der Waals surface area contributed by atoms with Crippen LogP contribution in [0.25, 0.3) is 0 Å². The molecule has 1 aromatic rings. The molecule has 6 nitrogen and oxygen atoms in total. The Morgan fingerprint density at radius 3 is 2.84 bits per heavy atom. The van der Waals surface area contributed by atoms with Crippen LogP contribution in [0.15, 0.2) is 0 Å². The van der Waals surface area contributed by atoms with Crippen LogP contribution >= 0.6 is 15.9 Å². The molecule has 1 aliphatic heterocycles. The Kier molecular flexibility index (Phi) is 4.97. The van der Waals surface area contributed by atoms with Gasteiger partial charge < -0.3 is 9.30 Å². The molecule has 1 saturated heterocycles. The molecule has 1 aromatic heterocycles. The van der Waals surface area contributed by atoms with E-state index in [1.54, 1.807) is 7.11 Å². The minimum Gasteiger partial charge on any atom is -0.383 e. The van der Waals surface area contributed by atoms with Crippen LogP contribution in [0.3, 0.4) is 0 Å². The Morgan fingerprint density at radius 2 is 2.21 bits per heavy atom. The monoisotopic (exact) mass is 351 g/mol. The lowest BCUT2D eigenvalue weighted by Gasteiger charge is -2.22. The van der Waals surface area contributed by atoms with Crippen molar-refractivity contribution in [2.45, 2.75) is 36.4 Å². The predicted molar refractivity (Wildman–Crippen MR) is 74.9 cm³/mol. The summed E-state index contributed by atoms with van der Waals surface area (Å²) in [5.41, 5.74) is 0. The number of rotatable bonds is 5. The number of halogens is 1. The van der Waals surface area contributed by atoms with Crippen LogP contribution in [0.1, 0.15) is 36.2 Å². The lowest BCUT2D eigenvalue weighted by atomic mass is 10.2. The first kappa shape index (κ1) is 14.9. The summed E-state index contributed by atoms with van der Waals surface area (Å²) in [6.45, 7) is 1.09. The first-order valence-electron chi connectivity index (χ1n) is 6.28. The van der Waals surface area contributed by atoms with Crippen molar-refractivity contribution in [1.29, 1.82) is 0 Å². The molecule has 1 unspecified atom stereocenters. The van der Waals surface area contributed by atoms with E-state index in [0.29, 0.717) is 30.7 Å². The van der Waals surface area contributed by atoms with Gasteiger partial charge in [0.15, 0.2) is 15.7 Å². The van der Waals surface area contributed by atoms with E-state index in [0.717, 1.165) is 18.7 Å². The van der Waals surface area contributed by atoms with E-state index in [1.807, 2.05) is 4.57 Å². The molecule has 2 rings (SSSR count). The first-order valence-corrected chi connectivity index (χ1v) is 9.12. The lowest BCUT2D eigenvalue weighted by Crippen LogP contribution is -2.25. The second-order valence-corrected chi connectivity index (χ2v) is 7.47. The first-order chi connectivity index (χ1) is 9.10. The highest BCUT2D eigenvalue weighted by molar-refractivity contribution is 9.08. The minimum absolute atomic E-state index is 0.248. The van der Waals surface area contributed by atoms with E-state index in [4.69, 9.17) is 4.74 Å². The number of alkyl halides is 1. The van der Waals surface area contributed by atoms with E-state index in [1.165, 1.54) is 0 Å². The maximum absolute atomic E-state index is 12.2. The zero-order valence-corrected chi connectivity index (χ0v) is 13.3. The number of nitrogens with zero attached hydrogens (tertiary/aromatic N) is 3. The average molecular weight is 352 g/mol. The quantitative estimate of drug-likeness (QED) is 0.750. The summed E-state index contributed by atoms with van der Waals surface area (Å²) >= 11 is 3.35. The normalized spacial score (nSPS) is 22.5. The summed E-state index contributed by atoms with van der Waals surface area (Å²) in [7, 11) is -1.48. The van der Waals surface area contributed by atoms with Crippen molar-refractivity contribution in [2.75, 3.05) is 19.5 Å². The van der Waals surface area contributed by atoms with Gasteiger partial charge in [-0.3, -0.25) is 0 Å². The van der Waals surface area contributed by atoms with Crippen molar-refractivity contribution in [3.8, 4) is 0 Å². The standard InChI is InChI=1S/C11H18BrN3O3S/c1-18-6-5-15-10(8-12)13-14-11(15)9-4-2-3-7-19(9,16)17/h9H,2-8H2,1H3. The Labute approximate surface area is 121 Å². The van der Waals surface area contributed by atoms with Crippen LogP contribution in [0.4, 0.5) is 0 Å². The fourth-order valence-electron chi connectivity index (χ4n) is 2.36. The summed E-state index contributed by atoms with van der Waals surface area (Å²) in [6, 6.07) is 0. The van der Waals surface area contributed by atoms with E-state index in [2.05, 4.69) is 26.1 Å². The second-order valence-electron chi connectivity index (χ2n) is 4.60. The molecule has 0 bridgehead atoms. The van der Waals surface area contributed by atoms with E-state index < -0.39 is 15.1 Å². The molecule has 0 saturated carbocycles. The molecule has 8 heteroatoms. The molecule has 1 atom stereocenters. The van der Waals surface area contributed by atoms with E-state index >= 15 is 0 Å². The maximum atomic E-state index is 12.2. The van der Waals surface area contributed by atoms with Gasteiger partial charge in [-0.05, 0) is 12.8 Å². The molecule has 0 amide bonds. The Balaban J connectivity index is 2.35. The molecular weight excluding hydrogens is 334 g/mol. The van der Waals surface area contributed by atoms with Crippen molar-refractivity contribution in [1.82, 2.24) is 14.8 Å². The summed E-state index contributed by atoms with van der Waals surface area (Å²) in [6.07, 6.45) is 2.30. The van der Waals surface area contributed by atoms with Gasteiger partial charge in [0.1, 0.15) is 11.1 Å². The van der Waals surface area contributed by atoms with Crippen LogP contribution in [0.2, 0.25) is 0 Å². The zero-order valence-electron chi connectivity index (χ0n) is 10.9. The molecule has 0 radical (unpaired) electrons. The minimum atomic E-state index is -3.10. The largest absolute Gasteiger partial charge is 0.383 e. The van der Waals surface area contributed by atoms with Gasteiger partial charge in [0, 0.05) is 13.7 Å². The Bertz CT molecular complexity index is 529. The third-order valence-electron chi connectivity index (χ3n) is 3.36. The lowest BCUT2D eigenvalue weighted by molar-refractivity contribution is 0.185. The second kappa shape index (κ2) is 6.32. The fourth-order valence-corrected chi connectivity index (χ4v) is 4.68. The topological polar surface area (TPSA) is 74.1 Å². The van der Waals surface area contributed by atoms with Crippen LogP contribution in [-0.4, -0.2) is 42.7 Å². The number of sulfone groups is 1. The SMILES string of the molecule is COCCn1c(CBr)nnc1C1CCCCS1(=O)=O. The molecular formula is C11H18BrN3O3S. The van der Waals surface area contributed by atoms with E-state index in [9.17, 15) is 8.42 Å². The summed E-state index contributed by atoms with van der Waals surface area (Å²) in [4.78, 5) is 0.